The summed E-state index contributed by atoms with van der Waals surface area (Å²) in [4.78, 5) is 2.00. The number of nitrogens with zero attached hydrogens (tertiary/aromatic N) is 1. The van der Waals surface area contributed by atoms with Crippen LogP contribution in [0.1, 0.15) is 5.71 Å². The van der Waals surface area contributed by atoms with E-state index in [2.05, 4.69) is 0 Å². The maximum Gasteiger partial charge on any atom is 2.00 e. The number of rotatable bonds is 0. The molecule has 0 aromatic heterocycles. The van der Waals surface area contributed by atoms with Crippen LogP contribution in [0.4, 0.5) is 0 Å². The van der Waals surface area contributed by atoms with Crippen LogP contribution in [-0.4, -0.2) is 63.8 Å². The van der Waals surface area contributed by atoms with Crippen LogP contribution in [0.2, 0.25) is 0 Å². The zero-order valence-electron chi connectivity index (χ0n) is 10.2. The molecule has 0 N–H and O–H groups in total. The summed E-state index contributed by atoms with van der Waals surface area (Å²) < 4.78 is 0. The predicted molar refractivity (Wildman–Crippen MR) is 29.8 cm³/mol. The fourth-order valence-corrected chi connectivity index (χ4v) is 0. The summed E-state index contributed by atoms with van der Waals surface area (Å²) in [6.07, 6.45) is 0. The molecule has 0 spiro atoms. The molecule has 0 saturated heterocycles. The third kappa shape index (κ3) is 40.9. The first-order chi connectivity index (χ1) is 1.73. The second-order valence-corrected chi connectivity index (χ2v) is 1.34. The van der Waals surface area contributed by atoms with Gasteiger partial charge in [-0.25, -0.2) is 0 Å². The third-order valence-electron chi connectivity index (χ3n) is 0. The van der Waals surface area contributed by atoms with Crippen molar-refractivity contribution in [3.63, 3.8) is 0 Å². The van der Waals surface area contributed by atoms with Crippen molar-refractivity contribution in [3.05, 3.63) is 0 Å². The molecule has 0 aromatic carbocycles. The van der Waals surface area contributed by atoms with Crippen LogP contribution in [-0.2, 0) is 0 Å². The summed E-state index contributed by atoms with van der Waals surface area (Å²) in [5, 5.41) is 0. The molecule has 1 nitrogen and oxygen atoms in total. The van der Waals surface area contributed by atoms with Crippen molar-refractivity contribution < 1.29 is 86.6 Å². The summed E-state index contributed by atoms with van der Waals surface area (Å²) >= 11 is 0. The number of hydrogen-bond acceptors (Lipinski definition) is 1. The molecule has 0 fully saturated rings. The minimum atomic E-state index is 0. The van der Waals surface area contributed by atoms with Crippen molar-refractivity contribution in [2.45, 2.75) is 0 Å². The molecular formula is C3H13CaKNNa. The molecule has 34 valence electrons. The van der Waals surface area contributed by atoms with E-state index in [0.29, 0.717) is 0 Å². The summed E-state index contributed by atoms with van der Waals surface area (Å²) in [5.74, 6) is 0. The predicted octanol–water partition coefficient (Wildman–Crippen LogP) is -5.74. The molecule has 0 heterocycles. The van der Waals surface area contributed by atoms with Crippen molar-refractivity contribution in [2.75, 3.05) is 21.1 Å². The molecule has 0 aliphatic rings. The monoisotopic (exact) mass is 165 g/mol. The molecule has 0 atom stereocenters. The van der Waals surface area contributed by atoms with Gasteiger partial charge in [-0.15, -0.1) is 0 Å². The van der Waals surface area contributed by atoms with Crippen molar-refractivity contribution >= 4 is 37.7 Å². The van der Waals surface area contributed by atoms with E-state index in [1.165, 1.54) is 0 Å². The minimum Gasteiger partial charge on any atom is -1.00 e. The standard InChI is InChI=1S/C3H9N.Ca.K.Na.4H/c1-4(2)3;;;;;;;/h1-3H3;;;;;;;/q;+2;2*+1;4*-1. The zero-order chi connectivity index (χ0) is 3.58. The van der Waals surface area contributed by atoms with Gasteiger partial charge in [0.2, 0.25) is 0 Å². The molecule has 0 radical (unpaired) electrons. The van der Waals surface area contributed by atoms with Crippen LogP contribution < -0.4 is 80.9 Å². The number of hydrogen-bond donors (Lipinski definition) is 0. The average Bonchev–Trinajstić information content (AvgIpc) is 0.811. The topological polar surface area (TPSA) is 3.24 Å². The Labute approximate surface area is 147 Å². The summed E-state index contributed by atoms with van der Waals surface area (Å²) in [6.45, 7) is 0. The average molecular weight is 165 g/mol. The molecule has 0 unspecified atom stereocenters. The Balaban J connectivity index is -0.00000000214. The maximum absolute atomic E-state index is 2.00. The van der Waals surface area contributed by atoms with E-state index in [9.17, 15) is 0 Å². The Morgan fingerprint density at radius 1 is 1.14 bits per heavy atom. The van der Waals surface area contributed by atoms with E-state index in [-0.39, 0.29) is 124 Å². The summed E-state index contributed by atoms with van der Waals surface area (Å²) in [7, 11) is 6.00. The second-order valence-electron chi connectivity index (χ2n) is 1.34. The van der Waals surface area contributed by atoms with E-state index in [1.54, 1.807) is 0 Å². The maximum atomic E-state index is 2.00. The SMILES string of the molecule is CN(C)C.[Ca+2].[H-].[H-].[H-].[H-].[K+].[Na+]. The molecular weight excluding hydrogens is 152 g/mol. The Morgan fingerprint density at radius 2 is 1.14 bits per heavy atom. The zero-order valence-corrected chi connectivity index (χ0v) is 13.5. The molecule has 7 heavy (non-hydrogen) atoms. The molecule has 0 amide bonds. The van der Waals surface area contributed by atoms with Gasteiger partial charge in [0.25, 0.3) is 0 Å². The van der Waals surface area contributed by atoms with Gasteiger partial charge in [-0.3, -0.25) is 0 Å². The minimum absolute atomic E-state index is 0. The van der Waals surface area contributed by atoms with E-state index in [1.807, 2.05) is 26.0 Å². The fourth-order valence-electron chi connectivity index (χ4n) is 0. The van der Waals surface area contributed by atoms with E-state index in [0.717, 1.165) is 0 Å². The van der Waals surface area contributed by atoms with Crippen LogP contribution in [0.3, 0.4) is 0 Å². The van der Waals surface area contributed by atoms with E-state index < -0.39 is 0 Å². The van der Waals surface area contributed by atoms with Crippen molar-refractivity contribution in [1.29, 1.82) is 0 Å². The van der Waals surface area contributed by atoms with Gasteiger partial charge in [0.05, 0.1) is 0 Å². The Morgan fingerprint density at radius 3 is 1.14 bits per heavy atom. The molecule has 0 aliphatic carbocycles. The van der Waals surface area contributed by atoms with E-state index >= 15 is 0 Å². The van der Waals surface area contributed by atoms with Gasteiger partial charge in [0.15, 0.2) is 0 Å². The van der Waals surface area contributed by atoms with Gasteiger partial charge in [-0.05, 0) is 21.1 Å². The first kappa shape index (κ1) is 22.4. The summed E-state index contributed by atoms with van der Waals surface area (Å²) in [6, 6.07) is 0. The second kappa shape index (κ2) is 16.4. The van der Waals surface area contributed by atoms with Gasteiger partial charge in [-0.2, -0.15) is 0 Å². The molecule has 0 rings (SSSR count). The Bertz CT molecular complexity index is 30.1. The third-order valence-corrected chi connectivity index (χ3v) is 0. The van der Waals surface area contributed by atoms with Crippen LogP contribution in [0.25, 0.3) is 0 Å². The van der Waals surface area contributed by atoms with Crippen LogP contribution in [0.15, 0.2) is 0 Å². The molecule has 0 aliphatic heterocycles. The quantitative estimate of drug-likeness (QED) is 0.323. The first-order valence-electron chi connectivity index (χ1n) is 1.34. The fraction of sp³-hybridized carbons (Fsp3) is 1.00. The van der Waals surface area contributed by atoms with Crippen LogP contribution in [0, 0.1) is 0 Å². The van der Waals surface area contributed by atoms with Gasteiger partial charge in [0.1, 0.15) is 0 Å². The molecule has 0 bridgehead atoms. The molecule has 0 aromatic rings. The van der Waals surface area contributed by atoms with Crippen molar-refractivity contribution in [2.24, 2.45) is 0 Å². The van der Waals surface area contributed by atoms with Gasteiger partial charge < -0.3 is 10.6 Å². The Hall–Kier alpha value is 3.86. The van der Waals surface area contributed by atoms with Crippen molar-refractivity contribution in [3.8, 4) is 0 Å². The first-order valence-corrected chi connectivity index (χ1v) is 1.34. The smallest absolute Gasteiger partial charge is 1.00 e. The van der Waals surface area contributed by atoms with Gasteiger partial charge in [-0.1, -0.05) is 0 Å². The molecule has 0 saturated carbocycles. The molecule has 4 heteroatoms. The van der Waals surface area contributed by atoms with E-state index in [4.69, 9.17) is 0 Å². The Kier molecular flexibility index (Phi) is 52.7. The van der Waals surface area contributed by atoms with Crippen LogP contribution in [0.5, 0.6) is 0 Å². The summed E-state index contributed by atoms with van der Waals surface area (Å²) in [5.41, 5.74) is 0. The van der Waals surface area contributed by atoms with Gasteiger partial charge in [0, 0.05) is 0 Å². The largest absolute Gasteiger partial charge is 2.00 e. The van der Waals surface area contributed by atoms with Gasteiger partial charge >= 0.3 is 119 Å². The van der Waals surface area contributed by atoms with Crippen LogP contribution >= 0.6 is 0 Å². The van der Waals surface area contributed by atoms with Crippen molar-refractivity contribution in [1.82, 2.24) is 4.90 Å². The normalized spacial score (nSPS) is 5.14.